The molecule has 0 amide bonds. The highest BCUT2D eigenvalue weighted by Gasteiger charge is 2.27. The summed E-state index contributed by atoms with van der Waals surface area (Å²) in [6.45, 7) is 2.15. The monoisotopic (exact) mass is 430 g/mol. The van der Waals surface area contributed by atoms with Crippen LogP contribution in [0.2, 0.25) is 0 Å². The molecule has 0 aliphatic carbocycles. The maximum Gasteiger partial charge on any atom is 0.186 e. The third kappa shape index (κ3) is 5.87. The van der Waals surface area contributed by atoms with E-state index in [1.807, 2.05) is 0 Å². The molecule has 0 bridgehead atoms. The van der Waals surface area contributed by atoms with E-state index in [1.165, 1.54) is 13.5 Å². The standard InChI is InChI=1S/C23H24F2N2O2S/c1-3-4-5-6-7-8-13-30-23-21(25)19(15-27)18(14-26)20(24)22(23)29-17-11-9-16(28-2)10-12-17/h9-12H,3-8,13H2,1-2H3. The number of hydrogen-bond acceptors (Lipinski definition) is 5. The molecule has 30 heavy (non-hydrogen) atoms. The van der Waals surface area contributed by atoms with Crippen LogP contribution in [0.25, 0.3) is 0 Å². The summed E-state index contributed by atoms with van der Waals surface area (Å²) < 4.78 is 40.7. The van der Waals surface area contributed by atoms with E-state index >= 15 is 4.39 Å². The molecule has 0 N–H and O–H groups in total. The predicted molar refractivity (Wildman–Crippen MR) is 113 cm³/mol. The molecule has 0 radical (unpaired) electrons. The lowest BCUT2D eigenvalue weighted by molar-refractivity contribution is 0.406. The minimum absolute atomic E-state index is 0.0903. The first kappa shape index (κ1) is 23.5. The van der Waals surface area contributed by atoms with Gasteiger partial charge in [-0.2, -0.15) is 10.5 Å². The van der Waals surface area contributed by atoms with E-state index in [-0.39, 0.29) is 16.4 Å². The van der Waals surface area contributed by atoms with Gasteiger partial charge < -0.3 is 9.47 Å². The number of unbranched alkanes of at least 4 members (excludes halogenated alkanes) is 5. The molecule has 0 saturated heterocycles. The van der Waals surface area contributed by atoms with Gasteiger partial charge in [-0.3, -0.25) is 0 Å². The van der Waals surface area contributed by atoms with Crippen molar-refractivity contribution in [2.75, 3.05) is 12.9 Å². The number of rotatable bonds is 11. The average molecular weight is 431 g/mol. The molecule has 0 spiro atoms. The third-order valence-corrected chi connectivity index (χ3v) is 5.69. The molecular weight excluding hydrogens is 406 g/mol. The van der Waals surface area contributed by atoms with Crippen LogP contribution in [0.15, 0.2) is 29.2 Å². The Balaban J connectivity index is 2.29. The van der Waals surface area contributed by atoms with Gasteiger partial charge in [0.1, 0.15) is 34.8 Å². The number of nitrogens with zero attached hydrogens (tertiary/aromatic N) is 2. The molecule has 0 unspecified atom stereocenters. The van der Waals surface area contributed by atoms with E-state index in [2.05, 4.69) is 6.92 Å². The number of hydrogen-bond donors (Lipinski definition) is 0. The van der Waals surface area contributed by atoms with Crippen molar-refractivity contribution in [2.24, 2.45) is 0 Å². The van der Waals surface area contributed by atoms with Gasteiger partial charge in [0, 0.05) is 0 Å². The van der Waals surface area contributed by atoms with Crippen LogP contribution in [-0.2, 0) is 0 Å². The Morgan fingerprint density at radius 2 is 1.43 bits per heavy atom. The molecule has 2 rings (SSSR count). The van der Waals surface area contributed by atoms with Crippen LogP contribution in [-0.4, -0.2) is 12.9 Å². The smallest absolute Gasteiger partial charge is 0.186 e. The summed E-state index contributed by atoms with van der Waals surface area (Å²) in [6.07, 6.45) is 6.43. The lowest BCUT2D eigenvalue weighted by Gasteiger charge is -2.15. The molecule has 2 aromatic rings. The first-order chi connectivity index (χ1) is 14.6. The molecule has 0 aromatic heterocycles. The molecule has 4 nitrogen and oxygen atoms in total. The number of nitriles is 2. The SMILES string of the molecule is CCCCCCCCSc1c(F)c(C#N)c(C#N)c(F)c1Oc1ccc(OC)cc1. The van der Waals surface area contributed by atoms with E-state index in [0.717, 1.165) is 43.9 Å². The lowest BCUT2D eigenvalue weighted by atomic mass is 10.1. The largest absolute Gasteiger partial charge is 0.497 e. The van der Waals surface area contributed by atoms with Crippen LogP contribution in [0, 0.1) is 34.3 Å². The molecule has 0 aliphatic heterocycles. The van der Waals surface area contributed by atoms with Crippen molar-refractivity contribution in [1.82, 2.24) is 0 Å². The second kappa shape index (κ2) is 12.0. The Kier molecular flexibility index (Phi) is 9.44. The molecule has 0 atom stereocenters. The molecule has 7 heteroatoms. The Morgan fingerprint density at radius 1 is 0.867 bits per heavy atom. The van der Waals surface area contributed by atoms with Gasteiger partial charge in [-0.25, -0.2) is 8.78 Å². The zero-order valence-corrected chi connectivity index (χ0v) is 18.0. The van der Waals surface area contributed by atoms with Gasteiger partial charge in [0.2, 0.25) is 0 Å². The minimum atomic E-state index is -1.03. The van der Waals surface area contributed by atoms with E-state index < -0.39 is 22.8 Å². The summed E-state index contributed by atoms with van der Waals surface area (Å²) in [6, 6.07) is 9.55. The van der Waals surface area contributed by atoms with Crippen LogP contribution >= 0.6 is 11.8 Å². The second-order valence-corrected chi connectivity index (χ2v) is 7.76. The van der Waals surface area contributed by atoms with E-state index in [4.69, 9.17) is 9.47 Å². The van der Waals surface area contributed by atoms with Gasteiger partial charge in [-0.05, 0) is 36.4 Å². The fourth-order valence-electron chi connectivity index (χ4n) is 2.89. The number of thioether (sulfide) groups is 1. The predicted octanol–water partition coefficient (Wildman–Crippen LogP) is 6.96. The fraction of sp³-hybridized carbons (Fsp3) is 0.391. The third-order valence-electron chi connectivity index (χ3n) is 4.54. The van der Waals surface area contributed by atoms with Crippen molar-refractivity contribution in [2.45, 2.75) is 50.3 Å². The highest BCUT2D eigenvalue weighted by molar-refractivity contribution is 7.99. The molecule has 158 valence electrons. The summed E-state index contributed by atoms with van der Waals surface area (Å²) >= 11 is 1.10. The summed E-state index contributed by atoms with van der Waals surface area (Å²) in [7, 11) is 1.52. The van der Waals surface area contributed by atoms with E-state index in [0.29, 0.717) is 11.5 Å². The molecule has 0 saturated carbocycles. The number of benzene rings is 2. The normalized spacial score (nSPS) is 10.3. The van der Waals surface area contributed by atoms with Crippen LogP contribution < -0.4 is 9.47 Å². The van der Waals surface area contributed by atoms with Crippen LogP contribution in [0.5, 0.6) is 17.2 Å². The van der Waals surface area contributed by atoms with Crippen molar-refractivity contribution in [3.8, 4) is 29.4 Å². The van der Waals surface area contributed by atoms with Gasteiger partial charge in [-0.15, -0.1) is 11.8 Å². The zero-order chi connectivity index (χ0) is 21.9. The Hall–Kier alpha value is -2.77. The van der Waals surface area contributed by atoms with Crippen molar-refractivity contribution in [3.63, 3.8) is 0 Å². The maximum absolute atomic E-state index is 15.0. The summed E-state index contributed by atoms with van der Waals surface area (Å²) in [5.74, 6) is -0.915. The number of halogens is 2. The fourth-order valence-corrected chi connectivity index (χ4v) is 3.94. The van der Waals surface area contributed by atoms with Gasteiger partial charge in [0.15, 0.2) is 17.4 Å². The Labute approximate surface area is 180 Å². The molecule has 2 aromatic carbocycles. The summed E-state index contributed by atoms with van der Waals surface area (Å²) in [5, 5.41) is 18.5. The Morgan fingerprint density at radius 3 is 2.03 bits per heavy atom. The first-order valence-corrected chi connectivity index (χ1v) is 10.9. The number of ether oxygens (including phenoxy) is 2. The average Bonchev–Trinajstić information content (AvgIpc) is 2.77. The summed E-state index contributed by atoms with van der Waals surface area (Å²) in [5.41, 5.74) is -1.25. The highest BCUT2D eigenvalue weighted by Crippen LogP contribution is 2.41. The molecule has 0 aliphatic rings. The lowest BCUT2D eigenvalue weighted by Crippen LogP contribution is -2.03. The van der Waals surface area contributed by atoms with E-state index in [1.54, 1.807) is 36.4 Å². The maximum atomic E-state index is 15.0. The first-order valence-electron chi connectivity index (χ1n) is 9.87. The summed E-state index contributed by atoms with van der Waals surface area (Å²) in [4.78, 5) is -0.0903. The van der Waals surface area contributed by atoms with Gasteiger partial charge in [-0.1, -0.05) is 39.0 Å². The minimum Gasteiger partial charge on any atom is -0.497 e. The van der Waals surface area contributed by atoms with E-state index in [9.17, 15) is 14.9 Å². The Bertz CT molecular complexity index is 934. The molecule has 0 heterocycles. The van der Waals surface area contributed by atoms with Gasteiger partial charge in [0.25, 0.3) is 0 Å². The highest BCUT2D eigenvalue weighted by atomic mass is 32.2. The second-order valence-electron chi connectivity index (χ2n) is 6.65. The topological polar surface area (TPSA) is 66.0 Å². The van der Waals surface area contributed by atoms with Crippen molar-refractivity contribution in [1.29, 1.82) is 10.5 Å². The van der Waals surface area contributed by atoms with Crippen molar-refractivity contribution < 1.29 is 18.3 Å². The van der Waals surface area contributed by atoms with Crippen LogP contribution in [0.3, 0.4) is 0 Å². The number of methoxy groups -OCH3 is 1. The van der Waals surface area contributed by atoms with Gasteiger partial charge in [0.05, 0.1) is 12.0 Å². The van der Waals surface area contributed by atoms with Crippen molar-refractivity contribution >= 4 is 11.8 Å². The zero-order valence-electron chi connectivity index (χ0n) is 17.1. The molecular formula is C23H24F2N2O2S. The quantitative estimate of drug-likeness (QED) is 0.285. The van der Waals surface area contributed by atoms with Gasteiger partial charge >= 0.3 is 0 Å². The van der Waals surface area contributed by atoms with Crippen LogP contribution in [0.1, 0.15) is 56.6 Å². The molecule has 0 fully saturated rings. The van der Waals surface area contributed by atoms with Crippen molar-refractivity contribution in [3.05, 3.63) is 47.0 Å². The van der Waals surface area contributed by atoms with Crippen LogP contribution in [0.4, 0.5) is 8.78 Å².